The standard InChI is InChI=1S/C12H16N4O3S/c1-8-9(6-14-16-8)7-15-20(17,18)12-5-10(13)3-4-11(12)19-2/h3-6,15H,7,13H2,1-2H3,(H,14,16). The largest absolute Gasteiger partial charge is 0.495 e. The normalized spacial score (nSPS) is 11.5. The predicted molar refractivity (Wildman–Crippen MR) is 74.8 cm³/mol. The molecule has 0 saturated heterocycles. The molecule has 20 heavy (non-hydrogen) atoms. The number of anilines is 1. The summed E-state index contributed by atoms with van der Waals surface area (Å²) in [6.45, 7) is 1.96. The number of aryl methyl sites for hydroxylation is 1. The summed E-state index contributed by atoms with van der Waals surface area (Å²) in [5.74, 6) is 0.246. The van der Waals surface area contributed by atoms with Crippen LogP contribution in [0.2, 0.25) is 0 Å². The van der Waals surface area contributed by atoms with Crippen LogP contribution in [0.1, 0.15) is 11.3 Å². The summed E-state index contributed by atoms with van der Waals surface area (Å²) in [6.07, 6.45) is 1.58. The van der Waals surface area contributed by atoms with E-state index in [1.54, 1.807) is 12.3 Å². The van der Waals surface area contributed by atoms with Crippen LogP contribution in [0.15, 0.2) is 29.3 Å². The van der Waals surface area contributed by atoms with Crippen LogP contribution in [0.25, 0.3) is 0 Å². The Balaban J connectivity index is 2.26. The van der Waals surface area contributed by atoms with Crippen LogP contribution in [0.3, 0.4) is 0 Å². The molecule has 0 amide bonds. The van der Waals surface area contributed by atoms with Gasteiger partial charge in [0.2, 0.25) is 10.0 Å². The Morgan fingerprint density at radius 2 is 2.20 bits per heavy atom. The van der Waals surface area contributed by atoms with Gasteiger partial charge in [0.1, 0.15) is 10.6 Å². The topological polar surface area (TPSA) is 110 Å². The van der Waals surface area contributed by atoms with Crippen molar-refractivity contribution in [1.29, 1.82) is 0 Å². The molecule has 0 fully saturated rings. The van der Waals surface area contributed by atoms with Gasteiger partial charge < -0.3 is 10.5 Å². The minimum Gasteiger partial charge on any atom is -0.495 e. The Morgan fingerprint density at radius 3 is 2.80 bits per heavy atom. The third-order valence-corrected chi connectivity index (χ3v) is 4.29. The van der Waals surface area contributed by atoms with E-state index in [9.17, 15) is 8.42 Å². The average Bonchev–Trinajstić information content (AvgIpc) is 2.82. The van der Waals surface area contributed by atoms with E-state index in [4.69, 9.17) is 10.5 Å². The van der Waals surface area contributed by atoms with Crippen molar-refractivity contribution >= 4 is 15.7 Å². The van der Waals surface area contributed by atoms with Gasteiger partial charge in [-0.1, -0.05) is 0 Å². The summed E-state index contributed by atoms with van der Waals surface area (Å²) in [6, 6.07) is 4.47. The summed E-state index contributed by atoms with van der Waals surface area (Å²) in [7, 11) is -2.31. The number of ether oxygens (including phenoxy) is 1. The summed E-state index contributed by atoms with van der Waals surface area (Å²) < 4.78 is 32.1. The Labute approximate surface area is 117 Å². The van der Waals surface area contributed by atoms with Gasteiger partial charge in [-0.2, -0.15) is 5.10 Å². The van der Waals surface area contributed by atoms with Crippen molar-refractivity contribution in [3.05, 3.63) is 35.7 Å². The fourth-order valence-corrected chi connectivity index (χ4v) is 2.92. The summed E-state index contributed by atoms with van der Waals surface area (Å²) >= 11 is 0. The van der Waals surface area contributed by atoms with Gasteiger partial charge in [-0.15, -0.1) is 0 Å². The van der Waals surface area contributed by atoms with Crippen LogP contribution in [-0.4, -0.2) is 25.7 Å². The number of sulfonamides is 1. The lowest BCUT2D eigenvalue weighted by atomic mass is 10.3. The quantitative estimate of drug-likeness (QED) is 0.706. The van der Waals surface area contributed by atoms with Crippen molar-refractivity contribution in [1.82, 2.24) is 14.9 Å². The zero-order chi connectivity index (χ0) is 14.8. The van der Waals surface area contributed by atoms with E-state index >= 15 is 0 Å². The molecule has 0 aliphatic heterocycles. The molecule has 1 aromatic carbocycles. The third-order valence-electron chi connectivity index (χ3n) is 2.86. The second-order valence-electron chi connectivity index (χ2n) is 4.26. The zero-order valence-corrected chi connectivity index (χ0v) is 12.0. The number of rotatable bonds is 5. The third kappa shape index (κ3) is 2.91. The van der Waals surface area contributed by atoms with Gasteiger partial charge >= 0.3 is 0 Å². The maximum Gasteiger partial charge on any atom is 0.244 e. The van der Waals surface area contributed by atoms with Crippen molar-refractivity contribution in [3.8, 4) is 5.75 Å². The van der Waals surface area contributed by atoms with Gasteiger partial charge in [-0.3, -0.25) is 5.10 Å². The van der Waals surface area contributed by atoms with Crippen molar-refractivity contribution < 1.29 is 13.2 Å². The first-order chi connectivity index (χ1) is 9.44. The van der Waals surface area contributed by atoms with E-state index in [2.05, 4.69) is 14.9 Å². The summed E-state index contributed by atoms with van der Waals surface area (Å²) in [4.78, 5) is 0.0150. The number of nitrogens with zero attached hydrogens (tertiary/aromatic N) is 1. The Hall–Kier alpha value is -2.06. The van der Waals surface area contributed by atoms with Crippen molar-refractivity contribution in [2.75, 3.05) is 12.8 Å². The van der Waals surface area contributed by atoms with Crippen molar-refractivity contribution in [2.24, 2.45) is 0 Å². The number of H-pyrrole nitrogens is 1. The van der Waals surface area contributed by atoms with Crippen molar-refractivity contribution in [3.63, 3.8) is 0 Å². The maximum absolute atomic E-state index is 12.3. The second-order valence-corrected chi connectivity index (χ2v) is 5.99. The van der Waals surface area contributed by atoms with Gasteiger partial charge in [0.05, 0.1) is 13.3 Å². The number of benzene rings is 1. The van der Waals surface area contributed by atoms with Gasteiger partial charge in [-0.05, 0) is 25.1 Å². The number of nitrogens with two attached hydrogens (primary N) is 1. The van der Waals surface area contributed by atoms with E-state index in [1.807, 2.05) is 6.92 Å². The smallest absolute Gasteiger partial charge is 0.244 e. The van der Waals surface area contributed by atoms with Crippen LogP contribution in [0, 0.1) is 6.92 Å². The molecular formula is C12H16N4O3S. The monoisotopic (exact) mass is 296 g/mol. The number of hydrogen-bond acceptors (Lipinski definition) is 5. The highest BCUT2D eigenvalue weighted by atomic mass is 32.2. The first-order valence-electron chi connectivity index (χ1n) is 5.86. The second kappa shape index (κ2) is 5.51. The van der Waals surface area contributed by atoms with Crippen LogP contribution in [0.4, 0.5) is 5.69 Å². The van der Waals surface area contributed by atoms with Crippen LogP contribution < -0.4 is 15.2 Å². The van der Waals surface area contributed by atoms with Crippen molar-refractivity contribution in [2.45, 2.75) is 18.4 Å². The molecule has 0 unspecified atom stereocenters. The van der Waals surface area contributed by atoms with Gasteiger partial charge in [0.25, 0.3) is 0 Å². The highest BCUT2D eigenvalue weighted by Crippen LogP contribution is 2.25. The number of hydrogen-bond donors (Lipinski definition) is 3. The number of aromatic nitrogens is 2. The molecule has 7 nitrogen and oxygen atoms in total. The lowest BCUT2D eigenvalue weighted by molar-refractivity contribution is 0.402. The minimum atomic E-state index is -3.72. The average molecular weight is 296 g/mol. The number of methoxy groups -OCH3 is 1. The van der Waals surface area contributed by atoms with E-state index < -0.39 is 10.0 Å². The summed E-state index contributed by atoms with van der Waals surface area (Å²) in [5, 5.41) is 6.59. The fraction of sp³-hybridized carbons (Fsp3) is 0.250. The van der Waals surface area contributed by atoms with Crippen LogP contribution >= 0.6 is 0 Å². The SMILES string of the molecule is COc1ccc(N)cc1S(=O)(=O)NCc1cn[nH]c1C. The Kier molecular flexibility index (Phi) is 3.96. The molecule has 0 aliphatic carbocycles. The first-order valence-corrected chi connectivity index (χ1v) is 7.34. The molecule has 1 heterocycles. The predicted octanol–water partition coefficient (Wildman–Crippen LogP) is 0.787. The Bertz CT molecular complexity index is 709. The molecule has 8 heteroatoms. The summed E-state index contributed by atoms with van der Waals surface area (Å²) in [5.41, 5.74) is 7.57. The minimum absolute atomic E-state index is 0.0150. The fourth-order valence-electron chi connectivity index (χ4n) is 1.71. The van der Waals surface area contributed by atoms with Gasteiger partial charge in [0.15, 0.2) is 0 Å². The molecule has 0 atom stereocenters. The molecule has 4 N–H and O–H groups in total. The van der Waals surface area contributed by atoms with Crippen LogP contribution in [0.5, 0.6) is 5.75 Å². The zero-order valence-electron chi connectivity index (χ0n) is 11.2. The molecule has 0 bridgehead atoms. The lowest BCUT2D eigenvalue weighted by Crippen LogP contribution is -2.24. The molecule has 0 saturated carbocycles. The number of nitrogen functional groups attached to an aromatic ring is 1. The molecule has 1 aromatic heterocycles. The molecule has 2 aromatic rings. The molecule has 0 radical (unpaired) electrons. The first kappa shape index (κ1) is 14.4. The van der Waals surface area contributed by atoms with Gasteiger partial charge in [-0.25, -0.2) is 13.1 Å². The maximum atomic E-state index is 12.3. The van der Waals surface area contributed by atoms with Crippen LogP contribution in [-0.2, 0) is 16.6 Å². The van der Waals surface area contributed by atoms with E-state index in [-0.39, 0.29) is 17.2 Å². The van der Waals surface area contributed by atoms with E-state index in [0.717, 1.165) is 11.3 Å². The van der Waals surface area contributed by atoms with E-state index in [1.165, 1.54) is 19.2 Å². The lowest BCUT2D eigenvalue weighted by Gasteiger charge is -2.11. The molecule has 0 aliphatic rings. The van der Waals surface area contributed by atoms with Gasteiger partial charge in [0, 0.05) is 23.5 Å². The highest BCUT2D eigenvalue weighted by molar-refractivity contribution is 7.89. The number of aromatic amines is 1. The molecule has 2 rings (SSSR count). The number of nitrogens with one attached hydrogen (secondary N) is 2. The Morgan fingerprint density at radius 1 is 1.45 bits per heavy atom. The van der Waals surface area contributed by atoms with E-state index in [0.29, 0.717) is 5.69 Å². The molecular weight excluding hydrogens is 280 g/mol. The highest BCUT2D eigenvalue weighted by Gasteiger charge is 2.20. The molecule has 0 spiro atoms. The molecule has 108 valence electrons.